The molecule has 26 heavy (non-hydrogen) atoms. The van der Waals surface area contributed by atoms with Crippen molar-refractivity contribution in [3.63, 3.8) is 0 Å². The van der Waals surface area contributed by atoms with Gasteiger partial charge in [-0.25, -0.2) is 8.42 Å². The smallest absolute Gasteiger partial charge is 0.270 e. The summed E-state index contributed by atoms with van der Waals surface area (Å²) in [7, 11) is -3.49. The van der Waals surface area contributed by atoms with Crippen LogP contribution in [0.15, 0.2) is 29.2 Å². The minimum atomic E-state index is -3.49. The Bertz CT molecular complexity index is 892. The predicted molar refractivity (Wildman–Crippen MR) is 103 cm³/mol. The van der Waals surface area contributed by atoms with Crippen LogP contribution in [0, 0.1) is 5.92 Å². The maximum atomic E-state index is 12.9. The second kappa shape index (κ2) is 7.40. The number of hydrogen-bond donors (Lipinski definition) is 1. The molecule has 3 rings (SSSR count). The molecule has 0 atom stereocenters. The van der Waals surface area contributed by atoms with E-state index in [1.54, 1.807) is 33.5 Å². The lowest BCUT2D eigenvalue weighted by Gasteiger charge is -2.29. The number of nitrogens with zero attached hydrogens (tertiary/aromatic N) is 2. The maximum Gasteiger partial charge on any atom is 0.270 e. The molecule has 1 amide bonds. The van der Waals surface area contributed by atoms with Gasteiger partial charge < -0.3 is 9.88 Å². The Kier molecular flexibility index (Phi) is 5.39. The van der Waals surface area contributed by atoms with Gasteiger partial charge in [-0.05, 0) is 56.9 Å². The molecule has 2 aromatic rings. The van der Waals surface area contributed by atoms with Crippen LogP contribution in [0.25, 0.3) is 10.9 Å². The molecule has 0 aliphatic carbocycles. The van der Waals surface area contributed by atoms with Gasteiger partial charge in [-0.1, -0.05) is 6.92 Å². The number of rotatable bonds is 5. The molecule has 0 spiro atoms. The number of sulfonamides is 1. The van der Waals surface area contributed by atoms with Crippen LogP contribution in [0.5, 0.6) is 0 Å². The van der Waals surface area contributed by atoms with Gasteiger partial charge in [0.2, 0.25) is 10.0 Å². The van der Waals surface area contributed by atoms with Crippen LogP contribution in [-0.4, -0.2) is 54.7 Å². The topological polar surface area (TPSA) is 73.5 Å². The van der Waals surface area contributed by atoms with Crippen LogP contribution in [-0.2, 0) is 10.0 Å². The van der Waals surface area contributed by atoms with Crippen molar-refractivity contribution in [3.8, 4) is 0 Å². The lowest BCUT2D eigenvalue weighted by molar-refractivity contribution is 0.0768. The number of carbonyl (C=O) groups is 1. The first-order valence-corrected chi connectivity index (χ1v) is 10.7. The normalized spacial score (nSPS) is 16.9. The second-order valence-corrected chi connectivity index (χ2v) is 8.93. The first kappa shape index (κ1) is 18.9. The number of piperidine rings is 1. The van der Waals surface area contributed by atoms with E-state index in [-0.39, 0.29) is 5.91 Å². The Labute approximate surface area is 155 Å². The highest BCUT2D eigenvalue weighted by atomic mass is 32.2. The molecule has 6 nitrogen and oxygen atoms in total. The number of hydrogen-bond acceptors (Lipinski definition) is 3. The second-order valence-electron chi connectivity index (χ2n) is 7.00. The highest BCUT2D eigenvalue weighted by Crippen LogP contribution is 2.26. The van der Waals surface area contributed by atoms with E-state index in [1.165, 1.54) is 0 Å². The van der Waals surface area contributed by atoms with Crippen LogP contribution in [0.2, 0.25) is 0 Å². The number of benzene rings is 1. The quantitative estimate of drug-likeness (QED) is 0.870. The lowest BCUT2D eigenvalue weighted by atomic mass is 10.0. The van der Waals surface area contributed by atoms with Crippen LogP contribution in [0.3, 0.4) is 0 Å². The summed E-state index contributed by atoms with van der Waals surface area (Å²) in [5.74, 6) is 0.503. The summed E-state index contributed by atoms with van der Waals surface area (Å²) in [5, 5.41) is 0.743. The zero-order valence-electron chi connectivity index (χ0n) is 15.7. The molecule has 2 heterocycles. The SMILES string of the molecule is CCN(CC)C(=O)c1cc2cc(S(=O)(=O)N3CCC(C)CC3)ccc2[nH]1. The fourth-order valence-electron chi connectivity index (χ4n) is 3.44. The molecule has 1 aliphatic heterocycles. The summed E-state index contributed by atoms with van der Waals surface area (Å²) in [6.07, 6.45) is 1.79. The summed E-state index contributed by atoms with van der Waals surface area (Å²) in [6.45, 7) is 8.45. The van der Waals surface area contributed by atoms with Gasteiger partial charge in [0.1, 0.15) is 5.69 Å². The number of aromatic nitrogens is 1. The van der Waals surface area contributed by atoms with Crippen molar-refractivity contribution in [1.29, 1.82) is 0 Å². The van der Waals surface area contributed by atoms with Gasteiger partial charge >= 0.3 is 0 Å². The summed E-state index contributed by atoms with van der Waals surface area (Å²) >= 11 is 0. The number of carbonyl (C=O) groups excluding carboxylic acids is 1. The molecule has 1 aliphatic rings. The molecule has 1 aromatic heterocycles. The van der Waals surface area contributed by atoms with Crippen LogP contribution >= 0.6 is 0 Å². The molecule has 0 unspecified atom stereocenters. The van der Waals surface area contributed by atoms with E-state index in [1.807, 2.05) is 13.8 Å². The zero-order chi connectivity index (χ0) is 18.9. The molecule has 0 saturated carbocycles. The fraction of sp³-hybridized carbons (Fsp3) is 0.526. The monoisotopic (exact) mass is 377 g/mol. The molecule has 1 aromatic carbocycles. The largest absolute Gasteiger partial charge is 0.351 e. The summed E-state index contributed by atoms with van der Waals surface area (Å²) < 4.78 is 27.4. The van der Waals surface area contributed by atoms with Gasteiger partial charge in [-0.3, -0.25) is 4.79 Å². The van der Waals surface area contributed by atoms with Crippen molar-refractivity contribution in [2.24, 2.45) is 5.92 Å². The highest BCUT2D eigenvalue weighted by Gasteiger charge is 2.28. The average Bonchev–Trinajstić information content (AvgIpc) is 3.06. The first-order chi connectivity index (χ1) is 12.4. The Balaban J connectivity index is 1.91. The summed E-state index contributed by atoms with van der Waals surface area (Å²) in [6, 6.07) is 6.77. The molecule has 1 N–H and O–H groups in total. The summed E-state index contributed by atoms with van der Waals surface area (Å²) in [4.78, 5) is 17.6. The Morgan fingerprint density at radius 3 is 2.46 bits per heavy atom. The van der Waals surface area contributed by atoms with Crippen molar-refractivity contribution >= 4 is 26.8 Å². The molecule has 142 valence electrons. The van der Waals surface area contributed by atoms with Gasteiger partial charge in [0.15, 0.2) is 0 Å². The Morgan fingerprint density at radius 2 is 1.85 bits per heavy atom. The van der Waals surface area contributed by atoms with E-state index in [9.17, 15) is 13.2 Å². The van der Waals surface area contributed by atoms with E-state index in [2.05, 4.69) is 11.9 Å². The van der Waals surface area contributed by atoms with Gasteiger partial charge in [0.25, 0.3) is 5.91 Å². The Hall–Kier alpha value is -1.86. The third kappa shape index (κ3) is 3.50. The van der Waals surface area contributed by atoms with Crippen molar-refractivity contribution in [2.45, 2.75) is 38.5 Å². The van der Waals surface area contributed by atoms with E-state index in [4.69, 9.17) is 0 Å². The number of nitrogens with one attached hydrogen (secondary N) is 1. The number of fused-ring (bicyclic) bond motifs is 1. The number of amides is 1. The average molecular weight is 378 g/mol. The van der Waals surface area contributed by atoms with E-state index in [0.29, 0.717) is 42.7 Å². The van der Waals surface area contributed by atoms with Crippen molar-refractivity contribution < 1.29 is 13.2 Å². The molecule has 0 bridgehead atoms. The van der Waals surface area contributed by atoms with Crippen LogP contribution in [0.4, 0.5) is 0 Å². The van der Waals surface area contributed by atoms with Gasteiger partial charge in [0, 0.05) is 37.1 Å². The predicted octanol–water partition coefficient (Wildman–Crippen LogP) is 3.07. The minimum Gasteiger partial charge on any atom is -0.351 e. The fourth-order valence-corrected chi connectivity index (χ4v) is 4.95. The van der Waals surface area contributed by atoms with E-state index < -0.39 is 10.0 Å². The van der Waals surface area contributed by atoms with Crippen LogP contribution in [0.1, 0.15) is 44.1 Å². The zero-order valence-corrected chi connectivity index (χ0v) is 16.5. The van der Waals surface area contributed by atoms with Gasteiger partial charge in [-0.15, -0.1) is 0 Å². The lowest BCUT2D eigenvalue weighted by Crippen LogP contribution is -2.37. The number of aromatic amines is 1. The van der Waals surface area contributed by atoms with Crippen molar-refractivity contribution in [3.05, 3.63) is 30.0 Å². The minimum absolute atomic E-state index is 0.0689. The van der Waals surface area contributed by atoms with Gasteiger partial charge in [-0.2, -0.15) is 4.31 Å². The standard InChI is InChI=1S/C19H27N3O3S/c1-4-21(5-2)19(23)18-13-15-12-16(6-7-17(15)20-18)26(24,25)22-10-8-14(3)9-11-22/h6-7,12-14,20H,4-5,8-11H2,1-3H3. The molecular weight excluding hydrogens is 350 g/mol. The van der Waals surface area contributed by atoms with Crippen molar-refractivity contribution in [1.82, 2.24) is 14.2 Å². The van der Waals surface area contributed by atoms with E-state index in [0.717, 1.165) is 23.7 Å². The molecule has 1 fully saturated rings. The van der Waals surface area contributed by atoms with Crippen molar-refractivity contribution in [2.75, 3.05) is 26.2 Å². The molecule has 0 radical (unpaired) electrons. The molecule has 7 heteroatoms. The first-order valence-electron chi connectivity index (χ1n) is 9.29. The third-order valence-electron chi connectivity index (χ3n) is 5.25. The van der Waals surface area contributed by atoms with Gasteiger partial charge in [0.05, 0.1) is 4.90 Å². The Morgan fingerprint density at radius 1 is 1.19 bits per heavy atom. The van der Waals surface area contributed by atoms with E-state index >= 15 is 0 Å². The summed E-state index contributed by atoms with van der Waals surface area (Å²) in [5.41, 5.74) is 1.26. The number of H-pyrrole nitrogens is 1. The molecule has 1 saturated heterocycles. The van der Waals surface area contributed by atoms with Crippen LogP contribution < -0.4 is 0 Å². The highest BCUT2D eigenvalue weighted by molar-refractivity contribution is 7.89. The molecular formula is C19H27N3O3S. The third-order valence-corrected chi connectivity index (χ3v) is 7.15. The maximum absolute atomic E-state index is 12.9.